The van der Waals surface area contributed by atoms with E-state index in [0.717, 1.165) is 12.0 Å². The summed E-state index contributed by atoms with van der Waals surface area (Å²) in [5.41, 5.74) is 5.85. The average molecular weight is 154 g/mol. The van der Waals surface area contributed by atoms with Crippen LogP contribution in [-0.2, 0) is 0 Å². The highest BCUT2D eigenvalue weighted by molar-refractivity contribution is 4.90. The van der Waals surface area contributed by atoms with E-state index in [1.54, 1.807) is 0 Å². The van der Waals surface area contributed by atoms with Crippen molar-refractivity contribution in [3.63, 3.8) is 0 Å². The summed E-state index contributed by atoms with van der Waals surface area (Å²) in [5, 5.41) is 0. The minimum atomic E-state index is 0.496. The van der Waals surface area contributed by atoms with E-state index >= 15 is 0 Å². The van der Waals surface area contributed by atoms with Crippen LogP contribution in [0.2, 0.25) is 0 Å². The van der Waals surface area contributed by atoms with Gasteiger partial charge >= 0.3 is 0 Å². The van der Waals surface area contributed by atoms with Crippen LogP contribution in [0.5, 0.6) is 0 Å². The first-order valence-electron chi connectivity index (χ1n) is 4.75. The summed E-state index contributed by atoms with van der Waals surface area (Å²) >= 11 is 0. The number of nitrogens with zero attached hydrogens (tertiary/aromatic N) is 1. The Hall–Kier alpha value is -0.0800. The van der Waals surface area contributed by atoms with E-state index in [1.165, 1.54) is 32.4 Å². The van der Waals surface area contributed by atoms with Gasteiger partial charge in [0.25, 0.3) is 0 Å². The smallest absolute Gasteiger partial charge is 0.0111 e. The number of rotatable bonds is 1. The molecule has 1 saturated carbocycles. The summed E-state index contributed by atoms with van der Waals surface area (Å²) in [6.45, 7) is 4.96. The number of nitrogens with two attached hydrogens (primary N) is 1. The monoisotopic (exact) mass is 154 g/mol. The van der Waals surface area contributed by atoms with Crippen molar-refractivity contribution < 1.29 is 0 Å². The molecule has 1 saturated heterocycles. The van der Waals surface area contributed by atoms with Crippen LogP contribution >= 0.6 is 0 Å². The molecule has 2 atom stereocenters. The third-order valence-corrected chi connectivity index (χ3v) is 3.05. The van der Waals surface area contributed by atoms with Crippen LogP contribution in [0.3, 0.4) is 0 Å². The van der Waals surface area contributed by atoms with Crippen molar-refractivity contribution >= 4 is 0 Å². The molecule has 0 amide bonds. The molecule has 0 aromatic heterocycles. The van der Waals surface area contributed by atoms with E-state index in [0.29, 0.717) is 6.04 Å². The molecule has 1 aliphatic carbocycles. The van der Waals surface area contributed by atoms with Gasteiger partial charge in [-0.25, -0.2) is 0 Å². The normalized spacial score (nSPS) is 40.9. The van der Waals surface area contributed by atoms with Crippen LogP contribution in [-0.4, -0.2) is 30.1 Å². The van der Waals surface area contributed by atoms with Crippen molar-refractivity contribution in [3.8, 4) is 0 Å². The fourth-order valence-electron chi connectivity index (χ4n) is 2.37. The van der Waals surface area contributed by atoms with E-state index in [1.807, 2.05) is 0 Å². The Morgan fingerprint density at radius 3 is 2.45 bits per heavy atom. The molecule has 0 spiro atoms. The highest BCUT2D eigenvalue weighted by Gasteiger charge is 2.33. The Balaban J connectivity index is 1.79. The van der Waals surface area contributed by atoms with Crippen LogP contribution in [0.1, 0.15) is 26.2 Å². The van der Waals surface area contributed by atoms with Crippen molar-refractivity contribution in [1.82, 2.24) is 4.90 Å². The van der Waals surface area contributed by atoms with Gasteiger partial charge in [-0.15, -0.1) is 0 Å². The minimum Gasteiger partial charge on any atom is -0.328 e. The van der Waals surface area contributed by atoms with Gasteiger partial charge in [-0.05, 0) is 25.2 Å². The second-order valence-electron chi connectivity index (χ2n) is 4.29. The molecule has 2 unspecified atom stereocenters. The molecule has 0 aromatic carbocycles. The Morgan fingerprint density at radius 1 is 1.27 bits per heavy atom. The van der Waals surface area contributed by atoms with E-state index in [-0.39, 0.29) is 0 Å². The van der Waals surface area contributed by atoms with Crippen LogP contribution in [0.15, 0.2) is 0 Å². The molecule has 2 rings (SSSR count). The Labute approximate surface area is 68.7 Å². The van der Waals surface area contributed by atoms with E-state index in [4.69, 9.17) is 5.73 Å². The summed E-state index contributed by atoms with van der Waals surface area (Å²) in [4.78, 5) is 2.59. The zero-order valence-corrected chi connectivity index (χ0v) is 7.29. The van der Waals surface area contributed by atoms with Gasteiger partial charge in [0.05, 0.1) is 0 Å². The molecule has 0 bridgehead atoms. The third kappa shape index (κ3) is 1.42. The highest BCUT2D eigenvalue weighted by Crippen LogP contribution is 2.28. The molecule has 1 aliphatic heterocycles. The third-order valence-electron chi connectivity index (χ3n) is 3.05. The topological polar surface area (TPSA) is 29.3 Å². The molecule has 2 fully saturated rings. The molecule has 2 N–H and O–H groups in total. The van der Waals surface area contributed by atoms with Crippen molar-refractivity contribution in [3.05, 3.63) is 0 Å². The zero-order chi connectivity index (χ0) is 7.84. The maximum atomic E-state index is 5.85. The van der Waals surface area contributed by atoms with Crippen molar-refractivity contribution in [2.24, 2.45) is 11.7 Å². The van der Waals surface area contributed by atoms with Crippen molar-refractivity contribution in [1.29, 1.82) is 0 Å². The molecule has 2 aliphatic rings. The van der Waals surface area contributed by atoms with Gasteiger partial charge in [-0.3, -0.25) is 4.90 Å². The molecule has 1 heterocycles. The van der Waals surface area contributed by atoms with Crippen molar-refractivity contribution in [2.75, 3.05) is 13.1 Å². The number of hydrogen-bond acceptors (Lipinski definition) is 2. The summed E-state index contributed by atoms with van der Waals surface area (Å²) in [5.74, 6) is 0.937. The lowest BCUT2D eigenvalue weighted by molar-refractivity contribution is 0.0647. The minimum absolute atomic E-state index is 0.496. The Kier molecular flexibility index (Phi) is 1.90. The first-order valence-corrected chi connectivity index (χ1v) is 4.75. The first-order chi connectivity index (χ1) is 5.25. The van der Waals surface area contributed by atoms with Crippen LogP contribution in [0.4, 0.5) is 0 Å². The number of hydrogen-bond donors (Lipinski definition) is 1. The summed E-state index contributed by atoms with van der Waals surface area (Å²) in [6.07, 6.45) is 3.83. The predicted molar refractivity (Wildman–Crippen MR) is 46.4 cm³/mol. The standard InChI is InChI=1S/C9H18N2/c1-7-5-11(6-7)9-3-2-8(10)4-9/h7-9H,2-6,10H2,1H3. The quantitative estimate of drug-likeness (QED) is 0.606. The van der Waals surface area contributed by atoms with Gasteiger partial charge in [0, 0.05) is 25.2 Å². The predicted octanol–water partition coefficient (Wildman–Crippen LogP) is 0.818. The molecule has 2 heteroatoms. The number of likely N-dealkylation sites (tertiary alicyclic amines) is 1. The second kappa shape index (κ2) is 2.76. The maximum absolute atomic E-state index is 5.85. The molecule has 0 aromatic rings. The van der Waals surface area contributed by atoms with Gasteiger partial charge in [0.1, 0.15) is 0 Å². The largest absolute Gasteiger partial charge is 0.328 e. The summed E-state index contributed by atoms with van der Waals surface area (Å²) in [7, 11) is 0. The van der Waals surface area contributed by atoms with Crippen LogP contribution in [0.25, 0.3) is 0 Å². The van der Waals surface area contributed by atoms with Gasteiger partial charge in [-0.2, -0.15) is 0 Å². The Bertz CT molecular complexity index is 140. The molecule has 0 radical (unpaired) electrons. The van der Waals surface area contributed by atoms with E-state index in [9.17, 15) is 0 Å². The fourth-order valence-corrected chi connectivity index (χ4v) is 2.37. The van der Waals surface area contributed by atoms with Crippen LogP contribution < -0.4 is 5.73 Å². The molecular formula is C9H18N2. The SMILES string of the molecule is CC1CN(C2CCC(N)C2)C1. The van der Waals surface area contributed by atoms with Crippen LogP contribution in [0, 0.1) is 5.92 Å². The average Bonchev–Trinajstić information content (AvgIpc) is 2.29. The zero-order valence-electron chi connectivity index (χ0n) is 7.29. The summed E-state index contributed by atoms with van der Waals surface area (Å²) < 4.78 is 0. The van der Waals surface area contributed by atoms with Gasteiger partial charge in [0.15, 0.2) is 0 Å². The lowest BCUT2D eigenvalue weighted by atomic mass is 9.99. The van der Waals surface area contributed by atoms with Gasteiger partial charge in [0.2, 0.25) is 0 Å². The lowest BCUT2D eigenvalue weighted by Gasteiger charge is -2.41. The maximum Gasteiger partial charge on any atom is 0.0111 e. The summed E-state index contributed by atoms with van der Waals surface area (Å²) in [6, 6.07) is 1.33. The van der Waals surface area contributed by atoms with Gasteiger partial charge in [-0.1, -0.05) is 6.92 Å². The fraction of sp³-hybridized carbons (Fsp3) is 1.00. The highest BCUT2D eigenvalue weighted by atomic mass is 15.2. The van der Waals surface area contributed by atoms with E-state index < -0.39 is 0 Å². The molecular weight excluding hydrogens is 136 g/mol. The molecule has 2 nitrogen and oxygen atoms in total. The molecule has 64 valence electrons. The first kappa shape index (κ1) is 7.56. The van der Waals surface area contributed by atoms with E-state index in [2.05, 4.69) is 11.8 Å². The van der Waals surface area contributed by atoms with Gasteiger partial charge < -0.3 is 5.73 Å². The van der Waals surface area contributed by atoms with Crippen molar-refractivity contribution in [2.45, 2.75) is 38.3 Å². The Morgan fingerprint density at radius 2 is 2.00 bits per heavy atom. The molecule has 11 heavy (non-hydrogen) atoms. The second-order valence-corrected chi connectivity index (χ2v) is 4.29. The lowest BCUT2D eigenvalue weighted by Crippen LogP contribution is -2.50.